The number of H-pyrrole nitrogens is 1. The number of hydrogen-bond donors (Lipinski definition) is 2. The molecule has 1 heterocycles. The van der Waals surface area contributed by atoms with Crippen molar-refractivity contribution in [3.63, 3.8) is 0 Å². The van der Waals surface area contributed by atoms with E-state index in [9.17, 15) is 9.90 Å². The number of hydrogen-bond acceptors (Lipinski definition) is 3. The van der Waals surface area contributed by atoms with Crippen LogP contribution in [0.5, 0.6) is 5.75 Å². The maximum atomic E-state index is 12.3. The predicted molar refractivity (Wildman–Crippen MR) is 95.6 cm³/mol. The van der Waals surface area contributed by atoms with E-state index in [1.165, 1.54) is 11.8 Å². The van der Waals surface area contributed by atoms with Gasteiger partial charge < -0.3 is 10.1 Å². The van der Waals surface area contributed by atoms with Crippen molar-refractivity contribution in [1.29, 1.82) is 0 Å². The zero-order chi connectivity index (χ0) is 16.6. The zero-order valence-electron chi connectivity index (χ0n) is 13.4. The summed E-state index contributed by atoms with van der Waals surface area (Å²) in [5.74, 6) is 0.413. The average Bonchev–Trinajstić information content (AvgIpc) is 2.53. The van der Waals surface area contributed by atoms with Crippen molar-refractivity contribution in [2.45, 2.75) is 36.5 Å². The topological polar surface area (TPSA) is 53.1 Å². The summed E-state index contributed by atoms with van der Waals surface area (Å²) in [5.41, 5.74) is 2.68. The number of fused-ring (bicyclic) bond motifs is 1. The number of nitrogens with one attached hydrogen (secondary N) is 1. The van der Waals surface area contributed by atoms with Gasteiger partial charge in [0.05, 0.1) is 5.52 Å². The number of aromatic nitrogens is 1. The van der Waals surface area contributed by atoms with Gasteiger partial charge in [-0.3, -0.25) is 4.79 Å². The van der Waals surface area contributed by atoms with Crippen molar-refractivity contribution < 1.29 is 5.11 Å². The van der Waals surface area contributed by atoms with Crippen molar-refractivity contribution in [3.05, 3.63) is 63.9 Å². The van der Waals surface area contributed by atoms with Gasteiger partial charge in [0, 0.05) is 10.3 Å². The lowest BCUT2D eigenvalue weighted by Gasteiger charge is -2.10. The van der Waals surface area contributed by atoms with E-state index in [1.54, 1.807) is 0 Å². The van der Waals surface area contributed by atoms with Gasteiger partial charge >= 0.3 is 0 Å². The van der Waals surface area contributed by atoms with E-state index in [4.69, 9.17) is 0 Å². The molecule has 0 saturated heterocycles. The summed E-state index contributed by atoms with van der Waals surface area (Å²) in [6.07, 6.45) is 0. The molecule has 0 atom stereocenters. The zero-order valence-corrected chi connectivity index (χ0v) is 14.2. The third-order valence-corrected chi connectivity index (χ3v) is 4.97. The van der Waals surface area contributed by atoms with E-state index in [1.807, 2.05) is 49.4 Å². The van der Waals surface area contributed by atoms with Crippen LogP contribution in [0.15, 0.2) is 57.1 Å². The lowest BCUT2D eigenvalue weighted by Crippen LogP contribution is -2.08. The monoisotopic (exact) mass is 325 g/mol. The molecule has 1 aromatic heterocycles. The number of pyridine rings is 1. The van der Waals surface area contributed by atoms with Crippen molar-refractivity contribution in [2.75, 3.05) is 0 Å². The van der Waals surface area contributed by atoms with Crippen molar-refractivity contribution in [3.8, 4) is 5.75 Å². The summed E-state index contributed by atoms with van der Waals surface area (Å²) in [5, 5.41) is 11.3. The summed E-state index contributed by atoms with van der Waals surface area (Å²) in [6.45, 7) is 6.22. The van der Waals surface area contributed by atoms with Crippen LogP contribution in [0, 0.1) is 6.92 Å². The normalized spacial score (nSPS) is 11.3. The lowest BCUT2D eigenvalue weighted by atomic mass is 10.0. The molecule has 3 rings (SSSR count). The Morgan fingerprint density at radius 2 is 1.78 bits per heavy atom. The van der Waals surface area contributed by atoms with E-state index in [-0.39, 0.29) is 11.3 Å². The molecule has 0 aliphatic carbocycles. The van der Waals surface area contributed by atoms with Crippen LogP contribution in [0.1, 0.15) is 30.9 Å². The molecule has 2 N–H and O–H groups in total. The molecule has 0 aliphatic heterocycles. The molecule has 0 aliphatic rings. The second kappa shape index (κ2) is 6.13. The van der Waals surface area contributed by atoms with E-state index in [0.29, 0.717) is 21.7 Å². The minimum Gasteiger partial charge on any atom is -0.506 e. The largest absolute Gasteiger partial charge is 0.506 e. The van der Waals surface area contributed by atoms with Crippen molar-refractivity contribution in [2.24, 2.45) is 0 Å². The molecule has 0 unspecified atom stereocenters. The highest BCUT2D eigenvalue weighted by Crippen LogP contribution is 2.36. The van der Waals surface area contributed by atoms with Crippen LogP contribution >= 0.6 is 11.8 Å². The number of benzene rings is 2. The third-order valence-electron chi connectivity index (χ3n) is 3.88. The van der Waals surface area contributed by atoms with Gasteiger partial charge in [-0.2, -0.15) is 0 Å². The van der Waals surface area contributed by atoms with E-state index in [2.05, 4.69) is 18.8 Å². The standard InChI is InChI=1S/C19H19NO2S/c1-11(2)13-6-9-16-15(10-13)17(21)18(19(22)20-16)23-14-7-4-12(3)5-8-14/h4-11H,1-3H3,(H2,20,21,22). The van der Waals surface area contributed by atoms with Gasteiger partial charge in [-0.25, -0.2) is 0 Å². The average molecular weight is 325 g/mol. The first-order valence-corrected chi connectivity index (χ1v) is 8.41. The molecule has 2 aromatic carbocycles. The van der Waals surface area contributed by atoms with Gasteiger partial charge in [-0.15, -0.1) is 0 Å². The van der Waals surface area contributed by atoms with Gasteiger partial charge in [0.2, 0.25) is 0 Å². The highest BCUT2D eigenvalue weighted by molar-refractivity contribution is 7.99. The molecule has 23 heavy (non-hydrogen) atoms. The fourth-order valence-corrected chi connectivity index (χ4v) is 3.31. The van der Waals surface area contributed by atoms with Crippen LogP contribution in [-0.4, -0.2) is 10.1 Å². The number of aromatic hydroxyl groups is 1. The second-order valence-corrected chi connectivity index (χ2v) is 7.09. The number of aryl methyl sites for hydroxylation is 1. The summed E-state index contributed by atoms with van der Waals surface area (Å²) < 4.78 is 0. The van der Waals surface area contributed by atoms with Crippen LogP contribution in [0.3, 0.4) is 0 Å². The Kier molecular flexibility index (Phi) is 4.18. The van der Waals surface area contributed by atoms with Crippen LogP contribution < -0.4 is 5.56 Å². The van der Waals surface area contributed by atoms with Crippen LogP contribution in [0.2, 0.25) is 0 Å². The molecular formula is C19H19NO2S. The molecule has 0 fully saturated rings. The molecule has 0 spiro atoms. The Bertz CT molecular complexity index is 911. The molecule has 4 heteroatoms. The second-order valence-electron chi connectivity index (χ2n) is 6.01. The molecule has 0 amide bonds. The number of aromatic amines is 1. The minimum absolute atomic E-state index is 0.0526. The fourth-order valence-electron chi connectivity index (χ4n) is 2.45. The molecule has 0 bridgehead atoms. The minimum atomic E-state index is -0.266. The van der Waals surface area contributed by atoms with Crippen molar-refractivity contribution in [1.82, 2.24) is 4.98 Å². The maximum Gasteiger partial charge on any atom is 0.266 e. The van der Waals surface area contributed by atoms with Crippen LogP contribution in [0.4, 0.5) is 0 Å². The molecule has 3 aromatic rings. The van der Waals surface area contributed by atoms with Gasteiger partial charge in [-0.1, -0.05) is 49.4 Å². The molecule has 0 radical (unpaired) electrons. The summed E-state index contributed by atoms with van der Waals surface area (Å²) in [6, 6.07) is 13.7. The van der Waals surface area contributed by atoms with Gasteiger partial charge in [-0.05, 0) is 42.7 Å². The first-order chi connectivity index (χ1) is 11.0. The van der Waals surface area contributed by atoms with Crippen LogP contribution in [-0.2, 0) is 0 Å². The van der Waals surface area contributed by atoms with Gasteiger partial charge in [0.1, 0.15) is 10.6 Å². The molecule has 118 valence electrons. The molecule has 0 saturated carbocycles. The summed E-state index contributed by atoms with van der Waals surface area (Å²) in [7, 11) is 0. The summed E-state index contributed by atoms with van der Waals surface area (Å²) in [4.78, 5) is 16.4. The predicted octanol–water partition coefficient (Wildman–Crippen LogP) is 4.82. The highest BCUT2D eigenvalue weighted by atomic mass is 32.2. The van der Waals surface area contributed by atoms with Crippen LogP contribution in [0.25, 0.3) is 10.9 Å². The fraction of sp³-hybridized carbons (Fsp3) is 0.211. The van der Waals surface area contributed by atoms with Gasteiger partial charge in [0.15, 0.2) is 0 Å². The number of rotatable bonds is 3. The van der Waals surface area contributed by atoms with Gasteiger partial charge in [0.25, 0.3) is 5.56 Å². The Labute approximate surface area is 139 Å². The first kappa shape index (κ1) is 15.7. The molecular weight excluding hydrogens is 306 g/mol. The molecule has 3 nitrogen and oxygen atoms in total. The Morgan fingerprint density at radius 1 is 1.09 bits per heavy atom. The third kappa shape index (κ3) is 3.13. The maximum absolute atomic E-state index is 12.3. The SMILES string of the molecule is Cc1ccc(Sc2c(O)c3cc(C(C)C)ccc3[nH]c2=O)cc1. The smallest absolute Gasteiger partial charge is 0.266 e. The van der Waals surface area contributed by atoms with E-state index in [0.717, 1.165) is 16.0 Å². The highest BCUT2D eigenvalue weighted by Gasteiger charge is 2.14. The Balaban J connectivity index is 2.12. The quantitative estimate of drug-likeness (QED) is 0.726. The lowest BCUT2D eigenvalue weighted by molar-refractivity contribution is 0.467. The first-order valence-electron chi connectivity index (χ1n) is 7.59. The Morgan fingerprint density at radius 3 is 2.43 bits per heavy atom. The van der Waals surface area contributed by atoms with E-state index >= 15 is 0 Å². The van der Waals surface area contributed by atoms with E-state index < -0.39 is 0 Å². The van der Waals surface area contributed by atoms with Crippen molar-refractivity contribution >= 4 is 22.7 Å². The Hall–Kier alpha value is -2.20. The summed E-state index contributed by atoms with van der Waals surface area (Å²) >= 11 is 1.28.